The number of hydrogen-bond donors (Lipinski definition) is 2. The lowest BCUT2D eigenvalue weighted by Crippen LogP contribution is -2.41. The summed E-state index contributed by atoms with van der Waals surface area (Å²) in [7, 11) is 1.54. The fourth-order valence-corrected chi connectivity index (χ4v) is 4.57. The van der Waals surface area contributed by atoms with Crippen LogP contribution in [0.4, 0.5) is 19.0 Å². The second-order valence-electron chi connectivity index (χ2n) is 10.6. The van der Waals surface area contributed by atoms with E-state index < -0.39 is 28.5 Å². The monoisotopic (exact) mass is 533 g/mol. The highest BCUT2D eigenvalue weighted by Crippen LogP contribution is 2.41. The molecule has 2 aromatic carbocycles. The number of hydrogen-bond acceptors (Lipinski definition) is 7. The van der Waals surface area contributed by atoms with Crippen LogP contribution >= 0.6 is 0 Å². The van der Waals surface area contributed by atoms with E-state index in [0.717, 1.165) is 32.8 Å². The number of methoxy groups -OCH3 is 1. The maximum atomic E-state index is 15.2. The molecule has 0 spiro atoms. The van der Waals surface area contributed by atoms with Gasteiger partial charge in [0.05, 0.1) is 24.3 Å². The lowest BCUT2D eigenvalue weighted by Gasteiger charge is -2.32. The first-order valence-corrected chi connectivity index (χ1v) is 12.5. The van der Waals surface area contributed by atoms with E-state index in [0.29, 0.717) is 40.7 Å². The lowest BCUT2D eigenvalue weighted by molar-refractivity contribution is -0.170. The van der Waals surface area contributed by atoms with Crippen molar-refractivity contribution in [3.8, 4) is 11.5 Å². The van der Waals surface area contributed by atoms with Gasteiger partial charge in [0.1, 0.15) is 28.7 Å². The number of aromatic nitrogens is 2. The Bertz CT molecular complexity index is 1320. The Morgan fingerprint density at radius 2 is 1.87 bits per heavy atom. The van der Waals surface area contributed by atoms with Crippen molar-refractivity contribution < 1.29 is 32.5 Å². The number of nitrogens with one attached hydrogen (secondary N) is 1. The molecule has 7 nitrogen and oxygen atoms in total. The smallest absolute Gasteiger partial charge is 0.303 e. The Hall–Kier alpha value is -3.11. The summed E-state index contributed by atoms with van der Waals surface area (Å²) in [5, 5.41) is 13.6. The van der Waals surface area contributed by atoms with Gasteiger partial charge in [0.2, 0.25) is 0 Å². The Morgan fingerprint density at radius 3 is 2.50 bits per heavy atom. The minimum atomic E-state index is -3.79. The van der Waals surface area contributed by atoms with Crippen molar-refractivity contribution in [2.24, 2.45) is 0 Å². The van der Waals surface area contributed by atoms with E-state index in [4.69, 9.17) is 14.2 Å². The van der Waals surface area contributed by atoms with Gasteiger partial charge in [-0.25, -0.2) is 14.4 Å². The van der Waals surface area contributed by atoms with Crippen molar-refractivity contribution in [2.45, 2.75) is 77.2 Å². The van der Waals surface area contributed by atoms with Crippen molar-refractivity contribution >= 4 is 16.7 Å². The molecule has 4 rings (SSSR count). The fraction of sp³-hybridized carbons (Fsp3) is 0.500. The molecular weight excluding hydrogens is 499 g/mol. The van der Waals surface area contributed by atoms with Gasteiger partial charge in [-0.15, -0.1) is 0 Å². The molecule has 2 N–H and O–H groups in total. The minimum absolute atomic E-state index is 0.000316. The molecule has 1 atom stereocenters. The first-order valence-electron chi connectivity index (χ1n) is 12.5. The van der Waals surface area contributed by atoms with Crippen LogP contribution in [0.15, 0.2) is 30.3 Å². The summed E-state index contributed by atoms with van der Waals surface area (Å²) in [6.45, 7) is 8.08. The summed E-state index contributed by atoms with van der Waals surface area (Å²) in [5.41, 5.74) is -3.37. The Balaban J connectivity index is 1.68. The van der Waals surface area contributed by atoms with Crippen LogP contribution in [0.25, 0.3) is 10.9 Å². The SMILES string of the molecule is COc1cc2nc(C)nc(NCc3cccc(C(F)(F)C(C)(C)O)c3F)c2cc1OC(C)(C)C1CCCO1. The van der Waals surface area contributed by atoms with Gasteiger partial charge >= 0.3 is 5.92 Å². The number of alkyl halides is 2. The Kier molecular flexibility index (Phi) is 7.51. The zero-order chi connectivity index (χ0) is 27.9. The van der Waals surface area contributed by atoms with Gasteiger partial charge < -0.3 is 24.6 Å². The third-order valence-corrected chi connectivity index (χ3v) is 6.80. The first-order chi connectivity index (χ1) is 17.7. The number of ether oxygens (including phenoxy) is 3. The van der Waals surface area contributed by atoms with Crippen molar-refractivity contribution in [1.29, 1.82) is 0 Å². The molecule has 0 saturated carbocycles. The second kappa shape index (κ2) is 10.2. The molecule has 1 saturated heterocycles. The summed E-state index contributed by atoms with van der Waals surface area (Å²) >= 11 is 0. The zero-order valence-electron chi connectivity index (χ0n) is 22.5. The van der Waals surface area contributed by atoms with Gasteiger partial charge in [0.15, 0.2) is 11.5 Å². The number of aryl methyl sites for hydroxylation is 1. The highest BCUT2D eigenvalue weighted by atomic mass is 19.3. The van der Waals surface area contributed by atoms with Crippen molar-refractivity contribution in [2.75, 3.05) is 19.0 Å². The lowest BCUT2D eigenvalue weighted by atomic mass is 9.92. The Labute approximate surface area is 220 Å². The highest BCUT2D eigenvalue weighted by molar-refractivity contribution is 5.91. The molecule has 206 valence electrons. The van der Waals surface area contributed by atoms with Crippen LogP contribution in [0.1, 0.15) is 57.5 Å². The molecule has 2 heterocycles. The molecule has 0 bridgehead atoms. The van der Waals surface area contributed by atoms with Crippen LogP contribution in [0.3, 0.4) is 0 Å². The summed E-state index contributed by atoms with van der Waals surface area (Å²) < 4.78 is 62.4. The maximum Gasteiger partial charge on any atom is 0.303 e. The van der Waals surface area contributed by atoms with Gasteiger partial charge in [-0.2, -0.15) is 8.78 Å². The molecule has 10 heteroatoms. The largest absolute Gasteiger partial charge is 0.493 e. The number of rotatable bonds is 9. The van der Waals surface area contributed by atoms with Gasteiger partial charge in [-0.3, -0.25) is 0 Å². The van der Waals surface area contributed by atoms with Crippen molar-refractivity contribution in [1.82, 2.24) is 9.97 Å². The molecule has 1 unspecified atom stereocenters. The van der Waals surface area contributed by atoms with Crippen LogP contribution in [0.2, 0.25) is 0 Å². The Morgan fingerprint density at radius 1 is 1.13 bits per heavy atom. The van der Waals surface area contributed by atoms with Crippen LogP contribution < -0.4 is 14.8 Å². The van der Waals surface area contributed by atoms with Gasteiger partial charge in [0.25, 0.3) is 0 Å². The average molecular weight is 534 g/mol. The van der Waals surface area contributed by atoms with E-state index in [2.05, 4.69) is 15.3 Å². The highest BCUT2D eigenvalue weighted by Gasteiger charge is 2.49. The second-order valence-corrected chi connectivity index (χ2v) is 10.6. The van der Waals surface area contributed by atoms with Crippen LogP contribution in [-0.4, -0.2) is 46.1 Å². The van der Waals surface area contributed by atoms with E-state index in [9.17, 15) is 13.9 Å². The minimum Gasteiger partial charge on any atom is -0.493 e. The van der Waals surface area contributed by atoms with E-state index in [1.807, 2.05) is 13.8 Å². The maximum absolute atomic E-state index is 15.2. The topological polar surface area (TPSA) is 85.7 Å². The molecule has 0 aliphatic carbocycles. The van der Waals surface area contributed by atoms with Crippen LogP contribution in [0, 0.1) is 12.7 Å². The van der Waals surface area contributed by atoms with Crippen molar-refractivity contribution in [3.63, 3.8) is 0 Å². The quantitative estimate of drug-likeness (QED) is 0.354. The number of benzene rings is 2. The van der Waals surface area contributed by atoms with E-state index in [1.165, 1.54) is 12.1 Å². The van der Waals surface area contributed by atoms with Gasteiger partial charge in [0, 0.05) is 30.2 Å². The molecule has 1 aliphatic rings. The normalized spacial score (nSPS) is 16.6. The van der Waals surface area contributed by atoms with E-state index >= 15 is 4.39 Å². The molecule has 1 aliphatic heterocycles. The third kappa shape index (κ3) is 5.37. The molecule has 0 radical (unpaired) electrons. The summed E-state index contributed by atoms with van der Waals surface area (Å²) in [4.78, 5) is 8.97. The van der Waals surface area contributed by atoms with Crippen LogP contribution in [0.5, 0.6) is 11.5 Å². The molecule has 1 fully saturated rings. The molecule has 38 heavy (non-hydrogen) atoms. The number of fused-ring (bicyclic) bond motifs is 1. The first kappa shape index (κ1) is 27.9. The molecule has 3 aromatic rings. The van der Waals surface area contributed by atoms with E-state index in [-0.39, 0.29) is 18.2 Å². The number of halogens is 3. The number of aliphatic hydroxyl groups is 1. The predicted molar refractivity (Wildman–Crippen MR) is 138 cm³/mol. The zero-order valence-corrected chi connectivity index (χ0v) is 22.5. The standard InChI is InChI=1S/C28H34F3N3O4/c1-16-33-20-14-21(36-6)22(38-26(2,3)23-11-8-12-37-23)13-18(20)25(34-16)32-15-17-9-7-10-19(24(17)29)28(30,31)27(4,5)35/h7,9-10,13-14,23,35H,8,11-12,15H2,1-6H3,(H,32,33,34). The van der Waals surface area contributed by atoms with Gasteiger partial charge in [-0.05, 0) is 59.6 Å². The molecule has 0 amide bonds. The summed E-state index contributed by atoms with van der Waals surface area (Å²) in [6, 6.07) is 7.21. The fourth-order valence-electron chi connectivity index (χ4n) is 4.57. The van der Waals surface area contributed by atoms with Crippen molar-refractivity contribution in [3.05, 3.63) is 53.1 Å². The third-order valence-electron chi connectivity index (χ3n) is 6.80. The van der Waals surface area contributed by atoms with Crippen LogP contribution in [-0.2, 0) is 17.2 Å². The van der Waals surface area contributed by atoms with E-state index in [1.54, 1.807) is 26.2 Å². The predicted octanol–water partition coefficient (Wildman–Crippen LogP) is 5.90. The molecule has 1 aromatic heterocycles. The average Bonchev–Trinajstić information content (AvgIpc) is 3.38. The summed E-state index contributed by atoms with van der Waals surface area (Å²) in [6.07, 6.45) is 1.77. The van der Waals surface area contributed by atoms with Gasteiger partial charge in [-0.1, -0.05) is 12.1 Å². The summed E-state index contributed by atoms with van der Waals surface area (Å²) in [5.74, 6) is -3.09. The number of anilines is 1. The molecular formula is C28H34F3N3O4. The number of nitrogens with zero attached hydrogens (tertiary/aromatic N) is 2.